The molecule has 0 amide bonds. The van der Waals surface area contributed by atoms with E-state index >= 15 is 0 Å². The van der Waals surface area contributed by atoms with Gasteiger partial charge in [0, 0.05) is 19.7 Å². The highest BCUT2D eigenvalue weighted by Gasteiger charge is 2.18. The van der Waals surface area contributed by atoms with Crippen molar-refractivity contribution < 1.29 is 4.79 Å². The summed E-state index contributed by atoms with van der Waals surface area (Å²) in [5.41, 5.74) is 1.36. The summed E-state index contributed by atoms with van der Waals surface area (Å²) in [5.74, 6) is 0.884. The van der Waals surface area contributed by atoms with Gasteiger partial charge in [0.2, 0.25) is 0 Å². The number of benzene rings is 1. The van der Waals surface area contributed by atoms with E-state index in [2.05, 4.69) is 15.0 Å². The molecule has 0 bridgehead atoms. The van der Waals surface area contributed by atoms with Crippen LogP contribution in [0.25, 0.3) is 11.4 Å². The molecule has 0 aliphatic heterocycles. The van der Waals surface area contributed by atoms with Crippen LogP contribution in [0.15, 0.2) is 40.4 Å². The van der Waals surface area contributed by atoms with Gasteiger partial charge in [-0.05, 0) is 13.2 Å². The van der Waals surface area contributed by atoms with Crippen LogP contribution in [0.4, 0.5) is 5.82 Å². The van der Waals surface area contributed by atoms with E-state index in [1.165, 1.54) is 18.7 Å². The number of aromatic nitrogens is 2. The summed E-state index contributed by atoms with van der Waals surface area (Å²) in [6.07, 6.45) is 3.52. The van der Waals surface area contributed by atoms with Crippen LogP contribution in [-0.2, 0) is 0 Å². The summed E-state index contributed by atoms with van der Waals surface area (Å²) >= 11 is 1.42. The average molecular weight is 314 g/mol. The Bertz CT molecular complexity index is 699. The molecule has 0 aliphatic rings. The first-order valence-corrected chi connectivity index (χ1v) is 7.98. The second kappa shape index (κ2) is 7.17. The second-order valence-corrected chi connectivity index (χ2v) is 5.68. The Morgan fingerprint density at radius 1 is 1.23 bits per heavy atom. The predicted molar refractivity (Wildman–Crippen MR) is 91.1 cm³/mol. The van der Waals surface area contributed by atoms with Gasteiger partial charge in [-0.1, -0.05) is 30.3 Å². The first-order chi connectivity index (χ1) is 10.5. The van der Waals surface area contributed by atoms with Crippen LogP contribution < -0.4 is 0 Å². The topological polar surface area (TPSA) is 58.5 Å². The zero-order chi connectivity index (χ0) is 16.1. The summed E-state index contributed by atoms with van der Waals surface area (Å²) in [7, 11) is 3.73. The van der Waals surface area contributed by atoms with Gasteiger partial charge in [-0.15, -0.1) is 11.8 Å². The molecule has 0 aliphatic carbocycles. The highest BCUT2D eigenvalue weighted by atomic mass is 32.2. The Morgan fingerprint density at radius 2 is 1.91 bits per heavy atom. The third-order valence-corrected chi connectivity index (χ3v) is 3.53. The number of hydrogen-bond donors (Lipinski definition) is 0. The lowest BCUT2D eigenvalue weighted by Gasteiger charge is -2.10. The fraction of sp³-hybridized carbons (Fsp3) is 0.250. The number of carbonyl (C=O) groups is 1. The van der Waals surface area contributed by atoms with Crippen LogP contribution in [0.2, 0.25) is 0 Å². The molecule has 0 atom stereocenters. The van der Waals surface area contributed by atoms with Crippen LogP contribution in [0.1, 0.15) is 17.3 Å². The van der Waals surface area contributed by atoms with Crippen molar-refractivity contribution in [2.45, 2.75) is 11.9 Å². The Morgan fingerprint density at radius 3 is 2.45 bits per heavy atom. The minimum atomic E-state index is -0.0881. The van der Waals surface area contributed by atoms with Crippen molar-refractivity contribution in [3.8, 4) is 11.4 Å². The molecule has 5 nitrogen and oxygen atoms in total. The lowest BCUT2D eigenvalue weighted by Crippen LogP contribution is -2.09. The molecule has 0 saturated carbocycles. The monoisotopic (exact) mass is 314 g/mol. The maximum Gasteiger partial charge on any atom is 0.169 e. The van der Waals surface area contributed by atoms with Gasteiger partial charge in [-0.2, -0.15) is 0 Å². The van der Waals surface area contributed by atoms with Crippen molar-refractivity contribution in [1.29, 1.82) is 0 Å². The second-order valence-electron chi connectivity index (χ2n) is 4.89. The van der Waals surface area contributed by atoms with Gasteiger partial charge in [-0.25, -0.2) is 15.0 Å². The smallest absolute Gasteiger partial charge is 0.169 e. The van der Waals surface area contributed by atoms with E-state index in [0.717, 1.165) is 5.56 Å². The first-order valence-electron chi connectivity index (χ1n) is 6.76. The first kappa shape index (κ1) is 16.2. The molecule has 1 aromatic carbocycles. The van der Waals surface area contributed by atoms with Gasteiger partial charge in [0.05, 0.1) is 11.9 Å². The number of Topliss-reactive ketones (excluding diaryl/α,β-unsaturated/α-hetero) is 1. The largest absolute Gasteiger partial charge is 0.369 e. The van der Waals surface area contributed by atoms with Crippen molar-refractivity contribution in [3.05, 3.63) is 35.9 Å². The molecular weight excluding hydrogens is 296 g/mol. The van der Waals surface area contributed by atoms with Crippen molar-refractivity contribution in [2.24, 2.45) is 4.99 Å². The lowest BCUT2D eigenvalue weighted by atomic mass is 10.2. The van der Waals surface area contributed by atoms with Gasteiger partial charge >= 0.3 is 0 Å². The SMILES string of the molecule is CSc1nc(-c2ccccc2)nc(/N=C/N(C)C)c1C(C)=O. The van der Waals surface area contributed by atoms with Crippen LogP contribution in [0, 0.1) is 0 Å². The van der Waals surface area contributed by atoms with Crippen molar-refractivity contribution in [1.82, 2.24) is 14.9 Å². The van der Waals surface area contributed by atoms with Crippen molar-refractivity contribution >= 4 is 29.7 Å². The van der Waals surface area contributed by atoms with E-state index in [1.807, 2.05) is 50.7 Å². The average Bonchev–Trinajstić information content (AvgIpc) is 2.52. The third-order valence-electron chi connectivity index (χ3n) is 2.85. The third kappa shape index (κ3) is 3.71. The Labute approximate surface area is 134 Å². The number of aliphatic imine (C=N–C) groups is 1. The molecule has 0 radical (unpaired) electrons. The van der Waals surface area contributed by atoms with Gasteiger partial charge in [0.25, 0.3) is 0 Å². The number of thioether (sulfide) groups is 1. The Balaban J connectivity index is 2.64. The van der Waals surface area contributed by atoms with Gasteiger partial charge < -0.3 is 4.90 Å². The summed E-state index contributed by atoms with van der Waals surface area (Å²) in [6.45, 7) is 1.51. The van der Waals surface area contributed by atoms with Crippen LogP contribution in [-0.4, -0.2) is 47.3 Å². The predicted octanol–water partition coefficient (Wildman–Crippen LogP) is 3.29. The molecule has 22 heavy (non-hydrogen) atoms. The van der Waals surface area contributed by atoms with E-state index < -0.39 is 0 Å². The standard InChI is InChI=1S/C16H18N4OS/c1-11(21)13-15(17-10-20(2)3)18-14(19-16(13)22-4)12-8-6-5-7-9-12/h5-10H,1-4H3/b17-10+. The highest BCUT2D eigenvalue weighted by Crippen LogP contribution is 2.29. The Hall–Kier alpha value is -2.21. The molecule has 2 aromatic rings. The van der Waals surface area contributed by atoms with E-state index in [4.69, 9.17) is 0 Å². The number of rotatable bonds is 5. The molecule has 0 unspecified atom stereocenters. The molecule has 0 N–H and O–H groups in total. The molecule has 2 rings (SSSR count). The summed E-state index contributed by atoms with van der Waals surface area (Å²) in [4.78, 5) is 27.1. The molecule has 0 spiro atoms. The maximum atomic E-state index is 12.0. The number of ketones is 1. The normalized spacial score (nSPS) is 10.9. The molecule has 0 saturated heterocycles. The van der Waals surface area contributed by atoms with Crippen LogP contribution in [0.5, 0.6) is 0 Å². The fourth-order valence-corrected chi connectivity index (χ4v) is 2.48. The van der Waals surface area contributed by atoms with Gasteiger partial charge in [-0.3, -0.25) is 4.79 Å². The number of nitrogens with zero attached hydrogens (tertiary/aromatic N) is 4. The van der Waals surface area contributed by atoms with Crippen LogP contribution >= 0.6 is 11.8 Å². The summed E-state index contributed by atoms with van der Waals surface area (Å²) in [5, 5.41) is 0.646. The van der Waals surface area contributed by atoms with Gasteiger partial charge in [0.1, 0.15) is 5.03 Å². The van der Waals surface area contributed by atoms with E-state index in [-0.39, 0.29) is 5.78 Å². The number of hydrogen-bond acceptors (Lipinski definition) is 5. The molecular formula is C16H18N4OS. The minimum absolute atomic E-state index is 0.0881. The lowest BCUT2D eigenvalue weighted by molar-refractivity contribution is 0.101. The molecule has 6 heteroatoms. The molecule has 114 valence electrons. The van der Waals surface area contributed by atoms with E-state index in [1.54, 1.807) is 11.2 Å². The van der Waals surface area contributed by atoms with Crippen molar-refractivity contribution in [3.63, 3.8) is 0 Å². The quantitative estimate of drug-likeness (QED) is 0.279. The molecule has 1 aromatic heterocycles. The maximum absolute atomic E-state index is 12.0. The number of carbonyl (C=O) groups excluding carboxylic acids is 1. The highest BCUT2D eigenvalue weighted by molar-refractivity contribution is 7.98. The minimum Gasteiger partial charge on any atom is -0.369 e. The molecule has 0 fully saturated rings. The summed E-state index contributed by atoms with van der Waals surface area (Å²) in [6, 6.07) is 9.67. The molecule has 1 heterocycles. The summed E-state index contributed by atoms with van der Waals surface area (Å²) < 4.78 is 0. The van der Waals surface area contributed by atoms with E-state index in [0.29, 0.717) is 22.2 Å². The Kier molecular flexibility index (Phi) is 5.27. The zero-order valence-corrected chi connectivity index (χ0v) is 13.9. The van der Waals surface area contributed by atoms with Crippen LogP contribution in [0.3, 0.4) is 0 Å². The van der Waals surface area contributed by atoms with Crippen molar-refractivity contribution in [2.75, 3.05) is 20.4 Å². The fourth-order valence-electron chi connectivity index (χ4n) is 1.86. The van der Waals surface area contributed by atoms with E-state index in [9.17, 15) is 4.79 Å². The zero-order valence-electron chi connectivity index (χ0n) is 13.1. The van der Waals surface area contributed by atoms with Gasteiger partial charge in [0.15, 0.2) is 17.4 Å².